The highest BCUT2D eigenvalue weighted by atomic mass is 16.6. The fourth-order valence-electron chi connectivity index (χ4n) is 7.09. The molecule has 1 aromatic carbocycles. The number of rotatable bonds is 6. The van der Waals surface area contributed by atoms with Crippen LogP contribution in [0.25, 0.3) is 0 Å². The number of hydrogen-bond acceptors (Lipinski definition) is 9. The summed E-state index contributed by atoms with van der Waals surface area (Å²) in [5.41, 5.74) is 0.815. The molecule has 0 N–H and O–H groups in total. The molecule has 5 rings (SSSR count). The second-order valence-corrected chi connectivity index (χ2v) is 12.4. The van der Waals surface area contributed by atoms with E-state index in [0.717, 1.165) is 12.0 Å². The first-order valence-corrected chi connectivity index (χ1v) is 15.1. The molecule has 3 aliphatic carbocycles. The van der Waals surface area contributed by atoms with E-state index >= 15 is 0 Å². The van der Waals surface area contributed by atoms with E-state index in [2.05, 4.69) is 17.6 Å². The minimum atomic E-state index is -1.19. The van der Waals surface area contributed by atoms with Gasteiger partial charge in [-0.3, -0.25) is 14.6 Å². The van der Waals surface area contributed by atoms with Gasteiger partial charge in [-0.1, -0.05) is 43.4 Å². The number of carbonyl (C=O) groups excluding carboxylic acids is 4. The van der Waals surface area contributed by atoms with Crippen LogP contribution in [0.2, 0.25) is 0 Å². The normalized spacial score (nSPS) is 31.2. The van der Waals surface area contributed by atoms with Gasteiger partial charge in [-0.15, -0.1) is 0 Å². The highest BCUT2D eigenvalue weighted by Gasteiger charge is 2.61. The first kappa shape index (κ1) is 31.2. The molecule has 1 aromatic heterocycles. The minimum absolute atomic E-state index is 0.222. The summed E-state index contributed by atoms with van der Waals surface area (Å²) in [7, 11) is 0. The second kappa shape index (κ2) is 12.8. The van der Waals surface area contributed by atoms with Crippen LogP contribution in [0.1, 0.15) is 74.1 Å². The van der Waals surface area contributed by atoms with Crippen molar-refractivity contribution < 1.29 is 38.1 Å². The van der Waals surface area contributed by atoms with Gasteiger partial charge in [0, 0.05) is 38.2 Å². The van der Waals surface area contributed by atoms with Crippen LogP contribution in [0.3, 0.4) is 0 Å². The van der Waals surface area contributed by atoms with Crippen LogP contribution in [-0.4, -0.2) is 52.8 Å². The third-order valence-corrected chi connectivity index (χ3v) is 8.90. The number of benzene rings is 1. The van der Waals surface area contributed by atoms with Gasteiger partial charge in [-0.05, 0) is 68.2 Å². The Kier molecular flexibility index (Phi) is 9.04. The standard InChI is InChI=1S/C35H39NO8/c1-20-14-27-15-28(27)16-29(42-34(40)26-12-9-13-36-19-26)22(3)32(41-23(4)37)30-31(43-33(39)25-10-7-6-8-11-25)21(2)18-35(30,17-20)44-24(5)38/h6-14,19,21,27-32H,3,15-18H2,1-2,4-5H3/t21-,27-,28-,29-,30+,31-,32-,35+/m0/s1. The van der Waals surface area contributed by atoms with Gasteiger partial charge in [0.2, 0.25) is 0 Å². The number of ether oxygens (including phenoxy) is 4. The molecule has 0 unspecified atom stereocenters. The molecule has 0 spiro atoms. The fourth-order valence-corrected chi connectivity index (χ4v) is 7.09. The van der Waals surface area contributed by atoms with Crippen LogP contribution >= 0.6 is 0 Å². The van der Waals surface area contributed by atoms with Crippen LogP contribution in [0, 0.1) is 23.7 Å². The van der Waals surface area contributed by atoms with E-state index in [9.17, 15) is 19.2 Å². The SMILES string of the molecule is C=C1[C@@H](OC(=O)c2cccnc2)C[C@@H]2C[C@@H]2C=C(C)C[C@@]2(OC(C)=O)C[C@H](C)[C@H](OC(=O)c3ccccc3)[C@@H]2[C@H]1OC(C)=O. The maximum atomic E-state index is 13.4. The smallest absolute Gasteiger partial charge is 0.340 e. The van der Waals surface area contributed by atoms with Gasteiger partial charge >= 0.3 is 23.9 Å². The Bertz CT molecular complexity index is 1450. The van der Waals surface area contributed by atoms with Crippen molar-refractivity contribution in [3.05, 3.63) is 89.8 Å². The van der Waals surface area contributed by atoms with Crippen molar-refractivity contribution in [2.75, 3.05) is 0 Å². The van der Waals surface area contributed by atoms with Crippen molar-refractivity contribution in [2.24, 2.45) is 23.7 Å². The molecule has 0 bridgehead atoms. The lowest BCUT2D eigenvalue weighted by Crippen LogP contribution is -2.51. The summed E-state index contributed by atoms with van der Waals surface area (Å²) in [4.78, 5) is 56.2. The number of hydrogen-bond donors (Lipinski definition) is 0. The third-order valence-electron chi connectivity index (χ3n) is 8.90. The fraction of sp³-hybridized carbons (Fsp3) is 0.457. The molecule has 44 heavy (non-hydrogen) atoms. The monoisotopic (exact) mass is 601 g/mol. The van der Waals surface area contributed by atoms with E-state index in [1.165, 1.54) is 20.0 Å². The average molecular weight is 602 g/mol. The summed E-state index contributed by atoms with van der Waals surface area (Å²) in [6.07, 6.45) is 4.52. The van der Waals surface area contributed by atoms with Gasteiger partial charge in [-0.2, -0.15) is 0 Å². The van der Waals surface area contributed by atoms with Crippen molar-refractivity contribution in [1.82, 2.24) is 4.98 Å². The molecule has 0 radical (unpaired) electrons. The zero-order valence-corrected chi connectivity index (χ0v) is 25.6. The van der Waals surface area contributed by atoms with Crippen LogP contribution in [0.4, 0.5) is 0 Å². The highest BCUT2D eigenvalue weighted by molar-refractivity contribution is 5.90. The Hall–Kier alpha value is -4.27. The number of nitrogens with zero attached hydrogens (tertiary/aromatic N) is 1. The van der Waals surface area contributed by atoms with Crippen LogP contribution in [0.15, 0.2) is 78.7 Å². The topological polar surface area (TPSA) is 118 Å². The summed E-state index contributed by atoms with van der Waals surface area (Å²) < 4.78 is 24.5. The Morgan fingerprint density at radius 3 is 2.27 bits per heavy atom. The van der Waals surface area contributed by atoms with Crippen molar-refractivity contribution in [2.45, 2.75) is 77.3 Å². The van der Waals surface area contributed by atoms with Crippen molar-refractivity contribution in [3.8, 4) is 0 Å². The van der Waals surface area contributed by atoms with E-state index in [1.807, 2.05) is 13.8 Å². The number of aromatic nitrogens is 1. The molecule has 0 saturated heterocycles. The molecule has 2 fully saturated rings. The van der Waals surface area contributed by atoms with E-state index in [-0.39, 0.29) is 23.3 Å². The minimum Gasteiger partial charge on any atom is -0.458 e. The third kappa shape index (κ3) is 6.77. The van der Waals surface area contributed by atoms with Gasteiger partial charge in [-0.25, -0.2) is 9.59 Å². The molecule has 232 valence electrons. The van der Waals surface area contributed by atoms with Crippen molar-refractivity contribution >= 4 is 23.9 Å². The Labute approximate surface area is 257 Å². The quantitative estimate of drug-likeness (QED) is 0.235. The number of esters is 4. The number of carbonyl (C=O) groups is 4. The van der Waals surface area contributed by atoms with Crippen LogP contribution in [-0.2, 0) is 28.5 Å². The first-order valence-electron chi connectivity index (χ1n) is 15.1. The molecule has 2 saturated carbocycles. The van der Waals surface area contributed by atoms with E-state index in [4.69, 9.17) is 18.9 Å². The van der Waals surface area contributed by atoms with Gasteiger partial charge in [0.25, 0.3) is 0 Å². The van der Waals surface area contributed by atoms with Gasteiger partial charge in [0.15, 0.2) is 0 Å². The molecule has 0 amide bonds. The van der Waals surface area contributed by atoms with E-state index in [1.54, 1.807) is 48.7 Å². The number of fused-ring (bicyclic) bond motifs is 2. The van der Waals surface area contributed by atoms with Gasteiger partial charge in [0.1, 0.15) is 23.9 Å². The molecule has 1 heterocycles. The molecule has 9 nitrogen and oxygen atoms in total. The lowest BCUT2D eigenvalue weighted by molar-refractivity contribution is -0.174. The summed E-state index contributed by atoms with van der Waals surface area (Å²) in [5.74, 6) is -2.86. The Morgan fingerprint density at radius 1 is 0.909 bits per heavy atom. The number of allylic oxidation sites excluding steroid dienone is 1. The van der Waals surface area contributed by atoms with E-state index < -0.39 is 53.7 Å². The van der Waals surface area contributed by atoms with Crippen LogP contribution < -0.4 is 0 Å². The average Bonchev–Trinajstić information content (AvgIpc) is 3.65. The molecule has 9 heteroatoms. The molecule has 3 aliphatic rings. The summed E-state index contributed by atoms with van der Waals surface area (Å²) in [5, 5.41) is 0. The summed E-state index contributed by atoms with van der Waals surface area (Å²) >= 11 is 0. The highest BCUT2D eigenvalue weighted by Crippen LogP contribution is 2.54. The zero-order chi connectivity index (χ0) is 31.6. The summed E-state index contributed by atoms with van der Waals surface area (Å²) in [6, 6.07) is 11.9. The van der Waals surface area contributed by atoms with Crippen molar-refractivity contribution in [3.63, 3.8) is 0 Å². The maximum absolute atomic E-state index is 13.4. The summed E-state index contributed by atoms with van der Waals surface area (Å²) in [6.45, 7) is 10.9. The second-order valence-electron chi connectivity index (χ2n) is 12.4. The van der Waals surface area contributed by atoms with Gasteiger partial charge < -0.3 is 18.9 Å². The Balaban J connectivity index is 1.61. The van der Waals surface area contributed by atoms with Gasteiger partial charge in [0.05, 0.1) is 17.0 Å². The predicted molar refractivity (Wildman–Crippen MR) is 160 cm³/mol. The van der Waals surface area contributed by atoms with Crippen LogP contribution in [0.5, 0.6) is 0 Å². The largest absolute Gasteiger partial charge is 0.458 e. The molecule has 8 atom stereocenters. The zero-order valence-electron chi connectivity index (χ0n) is 25.6. The molecular weight excluding hydrogens is 562 g/mol. The molecule has 2 aromatic rings. The predicted octanol–water partition coefficient (Wildman–Crippen LogP) is 5.65. The maximum Gasteiger partial charge on any atom is 0.340 e. The Morgan fingerprint density at radius 2 is 1.61 bits per heavy atom. The number of pyridine rings is 1. The lowest BCUT2D eigenvalue weighted by atomic mass is 9.77. The molecule has 0 aliphatic heterocycles. The first-order chi connectivity index (χ1) is 21.0. The molecular formula is C35H39NO8. The lowest BCUT2D eigenvalue weighted by Gasteiger charge is -2.42. The van der Waals surface area contributed by atoms with Crippen molar-refractivity contribution in [1.29, 1.82) is 0 Å². The van der Waals surface area contributed by atoms with E-state index in [0.29, 0.717) is 30.4 Å².